The lowest BCUT2D eigenvalue weighted by atomic mass is 9.84. The molecule has 0 spiro atoms. The molecule has 1 aromatic heterocycles. The predicted molar refractivity (Wildman–Crippen MR) is 186 cm³/mol. The zero-order valence-corrected chi connectivity index (χ0v) is 28.3. The third-order valence-electron chi connectivity index (χ3n) is 9.57. The SMILES string of the molecule is CCCCCCCCCCCCCCCC(Cc1ccccc1)C(CCCCCCCCCCCCC)n1ccnc1. The molecule has 2 nitrogen and oxygen atoms in total. The second-order valence-electron chi connectivity index (χ2n) is 13.4. The van der Waals surface area contributed by atoms with E-state index in [9.17, 15) is 0 Å². The largest absolute Gasteiger partial charge is 0.334 e. The van der Waals surface area contributed by atoms with E-state index in [-0.39, 0.29) is 0 Å². The second-order valence-corrected chi connectivity index (χ2v) is 13.4. The minimum atomic E-state index is 0.573. The quantitative estimate of drug-likeness (QED) is 0.0843. The standard InChI is InChI=1S/C40H70N2/c1-3-5-7-9-11-13-15-16-18-19-21-23-28-32-39(36-38-30-26-25-27-31-38)40(42-35-34-41-37-42)33-29-24-22-20-17-14-12-10-8-6-4-2/h25-27,30-31,34-35,37,39-40H,3-24,28-29,32-33,36H2,1-2H3. The number of rotatable bonds is 30. The van der Waals surface area contributed by atoms with Crippen molar-refractivity contribution < 1.29 is 0 Å². The van der Waals surface area contributed by atoms with Gasteiger partial charge in [0.2, 0.25) is 0 Å². The number of aromatic nitrogens is 2. The van der Waals surface area contributed by atoms with Gasteiger partial charge in [-0.15, -0.1) is 0 Å². The van der Waals surface area contributed by atoms with E-state index in [0.717, 1.165) is 0 Å². The van der Waals surface area contributed by atoms with Crippen LogP contribution in [0, 0.1) is 5.92 Å². The topological polar surface area (TPSA) is 17.8 Å². The van der Waals surface area contributed by atoms with Crippen LogP contribution in [-0.2, 0) is 6.42 Å². The Bertz CT molecular complexity index is 783. The van der Waals surface area contributed by atoms with Crippen molar-refractivity contribution in [2.75, 3.05) is 0 Å². The van der Waals surface area contributed by atoms with Crippen molar-refractivity contribution in [2.45, 2.75) is 193 Å². The third-order valence-corrected chi connectivity index (χ3v) is 9.57. The molecule has 42 heavy (non-hydrogen) atoms. The molecule has 0 radical (unpaired) electrons. The zero-order chi connectivity index (χ0) is 29.8. The predicted octanol–water partition coefficient (Wildman–Crippen LogP) is 13.5. The highest BCUT2D eigenvalue weighted by atomic mass is 15.1. The first kappa shape index (κ1) is 36.6. The molecule has 2 rings (SSSR count). The Hall–Kier alpha value is -1.57. The van der Waals surface area contributed by atoms with Gasteiger partial charge in [0.05, 0.1) is 6.33 Å². The van der Waals surface area contributed by atoms with Gasteiger partial charge in [-0.05, 0) is 30.7 Å². The number of hydrogen-bond acceptors (Lipinski definition) is 1. The summed E-state index contributed by atoms with van der Waals surface area (Å²) in [7, 11) is 0. The van der Waals surface area contributed by atoms with Gasteiger partial charge in [0.25, 0.3) is 0 Å². The molecule has 0 aliphatic rings. The molecule has 0 bridgehead atoms. The Balaban J connectivity index is 1.71. The van der Waals surface area contributed by atoms with E-state index in [1.165, 1.54) is 179 Å². The Morgan fingerprint density at radius 1 is 0.524 bits per heavy atom. The molecular formula is C40H70N2. The van der Waals surface area contributed by atoms with Gasteiger partial charge in [-0.25, -0.2) is 4.98 Å². The number of nitrogens with zero attached hydrogens (tertiary/aromatic N) is 2. The Morgan fingerprint density at radius 3 is 1.38 bits per heavy atom. The van der Waals surface area contributed by atoms with E-state index in [2.05, 4.69) is 66.3 Å². The fourth-order valence-electron chi connectivity index (χ4n) is 6.88. The average molecular weight is 579 g/mol. The van der Waals surface area contributed by atoms with Crippen molar-refractivity contribution in [1.82, 2.24) is 9.55 Å². The minimum Gasteiger partial charge on any atom is -0.334 e. The van der Waals surface area contributed by atoms with Crippen molar-refractivity contribution >= 4 is 0 Å². The molecular weight excluding hydrogens is 508 g/mol. The molecule has 0 saturated heterocycles. The third kappa shape index (κ3) is 18.9. The molecule has 0 saturated carbocycles. The highest BCUT2D eigenvalue weighted by Gasteiger charge is 2.23. The van der Waals surface area contributed by atoms with E-state index in [0.29, 0.717) is 12.0 Å². The monoisotopic (exact) mass is 579 g/mol. The average Bonchev–Trinajstić information content (AvgIpc) is 3.55. The number of benzene rings is 1. The Morgan fingerprint density at radius 2 is 0.952 bits per heavy atom. The molecule has 0 fully saturated rings. The van der Waals surface area contributed by atoms with Crippen LogP contribution in [0.2, 0.25) is 0 Å². The summed E-state index contributed by atoms with van der Waals surface area (Å²) in [5, 5.41) is 0. The summed E-state index contributed by atoms with van der Waals surface area (Å²) in [6.07, 6.45) is 44.3. The van der Waals surface area contributed by atoms with E-state index >= 15 is 0 Å². The second kappa shape index (κ2) is 27.0. The molecule has 2 atom stereocenters. The number of unbranched alkanes of at least 4 members (excludes halogenated alkanes) is 22. The first-order chi connectivity index (χ1) is 20.8. The summed E-state index contributed by atoms with van der Waals surface area (Å²) >= 11 is 0. The van der Waals surface area contributed by atoms with E-state index < -0.39 is 0 Å². The van der Waals surface area contributed by atoms with Crippen LogP contribution in [0.15, 0.2) is 49.1 Å². The van der Waals surface area contributed by atoms with Gasteiger partial charge in [0.15, 0.2) is 0 Å². The van der Waals surface area contributed by atoms with Crippen LogP contribution in [0.4, 0.5) is 0 Å². The van der Waals surface area contributed by atoms with Crippen LogP contribution in [0.1, 0.15) is 192 Å². The molecule has 0 amide bonds. The van der Waals surface area contributed by atoms with Gasteiger partial charge in [-0.3, -0.25) is 0 Å². The minimum absolute atomic E-state index is 0.573. The fraction of sp³-hybridized carbons (Fsp3) is 0.775. The van der Waals surface area contributed by atoms with Gasteiger partial charge < -0.3 is 4.57 Å². The van der Waals surface area contributed by atoms with E-state index in [1.54, 1.807) is 0 Å². The summed E-state index contributed by atoms with van der Waals surface area (Å²) in [5.74, 6) is 0.692. The molecule has 240 valence electrons. The van der Waals surface area contributed by atoms with E-state index in [1.807, 2.05) is 6.20 Å². The lowest BCUT2D eigenvalue weighted by Crippen LogP contribution is -2.21. The summed E-state index contributed by atoms with van der Waals surface area (Å²) in [6.45, 7) is 4.61. The normalized spacial score (nSPS) is 13.0. The van der Waals surface area contributed by atoms with Crippen LogP contribution in [0.5, 0.6) is 0 Å². The van der Waals surface area contributed by atoms with Gasteiger partial charge in [0.1, 0.15) is 0 Å². The van der Waals surface area contributed by atoms with Crippen LogP contribution in [0.3, 0.4) is 0 Å². The van der Waals surface area contributed by atoms with Gasteiger partial charge in [-0.2, -0.15) is 0 Å². The summed E-state index contributed by atoms with van der Waals surface area (Å²) in [4.78, 5) is 4.47. The van der Waals surface area contributed by atoms with Crippen LogP contribution in [0.25, 0.3) is 0 Å². The summed E-state index contributed by atoms with van der Waals surface area (Å²) in [6, 6.07) is 11.8. The molecule has 0 N–H and O–H groups in total. The maximum Gasteiger partial charge on any atom is 0.0948 e. The van der Waals surface area contributed by atoms with Gasteiger partial charge in [-0.1, -0.05) is 198 Å². The summed E-state index contributed by atoms with van der Waals surface area (Å²) < 4.78 is 2.45. The molecule has 2 heteroatoms. The molecule has 2 unspecified atom stereocenters. The van der Waals surface area contributed by atoms with Crippen molar-refractivity contribution in [1.29, 1.82) is 0 Å². The Labute approximate surface area is 262 Å². The first-order valence-electron chi connectivity index (χ1n) is 18.9. The molecule has 1 aromatic carbocycles. The van der Waals surface area contributed by atoms with Crippen LogP contribution < -0.4 is 0 Å². The Kier molecular flexibility index (Phi) is 23.6. The summed E-state index contributed by atoms with van der Waals surface area (Å²) in [5.41, 5.74) is 1.50. The van der Waals surface area contributed by atoms with Gasteiger partial charge in [0, 0.05) is 18.4 Å². The highest BCUT2D eigenvalue weighted by molar-refractivity contribution is 5.15. The van der Waals surface area contributed by atoms with Crippen molar-refractivity contribution in [2.24, 2.45) is 5.92 Å². The lowest BCUT2D eigenvalue weighted by Gasteiger charge is -2.29. The van der Waals surface area contributed by atoms with Crippen LogP contribution in [-0.4, -0.2) is 9.55 Å². The number of imidazole rings is 1. The fourth-order valence-corrected chi connectivity index (χ4v) is 6.88. The maximum absolute atomic E-state index is 4.47. The molecule has 0 aliphatic heterocycles. The lowest BCUT2D eigenvalue weighted by molar-refractivity contribution is 0.275. The molecule has 1 heterocycles. The maximum atomic E-state index is 4.47. The smallest absolute Gasteiger partial charge is 0.0948 e. The van der Waals surface area contributed by atoms with Gasteiger partial charge >= 0.3 is 0 Å². The number of hydrogen-bond donors (Lipinski definition) is 0. The zero-order valence-electron chi connectivity index (χ0n) is 28.3. The van der Waals surface area contributed by atoms with Crippen LogP contribution >= 0.6 is 0 Å². The highest BCUT2D eigenvalue weighted by Crippen LogP contribution is 2.32. The van der Waals surface area contributed by atoms with Crippen molar-refractivity contribution in [3.8, 4) is 0 Å². The van der Waals surface area contributed by atoms with Crippen molar-refractivity contribution in [3.05, 3.63) is 54.6 Å². The molecule has 0 aliphatic carbocycles. The van der Waals surface area contributed by atoms with E-state index in [4.69, 9.17) is 0 Å². The first-order valence-corrected chi connectivity index (χ1v) is 18.9. The van der Waals surface area contributed by atoms with Crippen molar-refractivity contribution in [3.63, 3.8) is 0 Å². The molecule has 2 aromatic rings.